The first-order valence-electron chi connectivity index (χ1n) is 9.54. The summed E-state index contributed by atoms with van der Waals surface area (Å²) in [6, 6.07) is 8.93. The van der Waals surface area contributed by atoms with Crippen LogP contribution in [0.3, 0.4) is 0 Å². The number of halogens is 2. The molecule has 2 aromatic rings. The standard InChI is InChI=1S/C21H25ClFN3O5S/c1-14(21(28)24-2)25(12-15-5-8-17(23)9-6-15)20(27)13-26(32(4,29)30)18-11-16(22)7-10-19(18)31-3/h5-11,14H,12-13H2,1-4H3,(H,24,28). The third-order valence-electron chi connectivity index (χ3n) is 4.77. The maximum Gasteiger partial charge on any atom is 0.244 e. The van der Waals surface area contributed by atoms with Gasteiger partial charge in [-0.3, -0.25) is 13.9 Å². The Hall–Kier alpha value is -2.85. The number of hydrogen-bond acceptors (Lipinski definition) is 5. The Morgan fingerprint density at radius 2 is 1.81 bits per heavy atom. The third kappa shape index (κ3) is 6.33. The van der Waals surface area contributed by atoms with Gasteiger partial charge in [-0.15, -0.1) is 0 Å². The van der Waals surface area contributed by atoms with Crippen LogP contribution in [0, 0.1) is 5.82 Å². The van der Waals surface area contributed by atoms with Crippen LogP contribution in [0.1, 0.15) is 12.5 Å². The Morgan fingerprint density at radius 3 is 2.34 bits per heavy atom. The Bertz CT molecular complexity index is 1080. The monoisotopic (exact) mass is 485 g/mol. The quantitative estimate of drug-likeness (QED) is 0.588. The van der Waals surface area contributed by atoms with Gasteiger partial charge in [0.25, 0.3) is 0 Å². The topological polar surface area (TPSA) is 96.0 Å². The summed E-state index contributed by atoms with van der Waals surface area (Å²) in [5.41, 5.74) is 0.659. The maximum atomic E-state index is 13.3. The van der Waals surface area contributed by atoms with Crippen LogP contribution in [0.25, 0.3) is 0 Å². The molecule has 0 aromatic heterocycles. The van der Waals surface area contributed by atoms with Gasteiger partial charge in [-0.25, -0.2) is 12.8 Å². The third-order valence-corrected chi connectivity index (χ3v) is 6.13. The summed E-state index contributed by atoms with van der Waals surface area (Å²) in [6.45, 7) is 0.890. The summed E-state index contributed by atoms with van der Waals surface area (Å²) in [7, 11) is -1.13. The van der Waals surface area contributed by atoms with Crippen LogP contribution in [0.15, 0.2) is 42.5 Å². The molecule has 0 aliphatic carbocycles. The Labute approximate surface area is 192 Å². The molecular formula is C21H25ClFN3O5S. The van der Waals surface area contributed by atoms with Gasteiger partial charge < -0.3 is 15.0 Å². The van der Waals surface area contributed by atoms with Crippen molar-refractivity contribution in [2.75, 3.05) is 31.3 Å². The number of rotatable bonds is 9. The first-order valence-corrected chi connectivity index (χ1v) is 11.8. The molecule has 2 aromatic carbocycles. The Balaban J connectivity index is 2.44. The van der Waals surface area contributed by atoms with Crippen LogP contribution in [0.5, 0.6) is 5.75 Å². The minimum atomic E-state index is -3.93. The second-order valence-corrected chi connectivity index (χ2v) is 9.37. The van der Waals surface area contributed by atoms with Crippen molar-refractivity contribution < 1.29 is 27.1 Å². The molecule has 0 bridgehead atoms. The first-order chi connectivity index (χ1) is 15.0. The molecular weight excluding hydrogens is 461 g/mol. The molecule has 0 saturated heterocycles. The van der Waals surface area contributed by atoms with E-state index in [0.29, 0.717) is 5.56 Å². The highest BCUT2D eigenvalue weighted by Gasteiger charge is 2.31. The lowest BCUT2D eigenvalue weighted by molar-refractivity contribution is -0.139. The van der Waals surface area contributed by atoms with Gasteiger partial charge in [0.1, 0.15) is 24.2 Å². The largest absolute Gasteiger partial charge is 0.495 e. The van der Waals surface area contributed by atoms with E-state index >= 15 is 0 Å². The van der Waals surface area contributed by atoms with E-state index in [2.05, 4.69) is 5.32 Å². The van der Waals surface area contributed by atoms with Crippen molar-refractivity contribution in [2.45, 2.75) is 19.5 Å². The first kappa shape index (κ1) is 25.4. The minimum Gasteiger partial charge on any atom is -0.495 e. The van der Waals surface area contributed by atoms with Gasteiger partial charge in [-0.1, -0.05) is 23.7 Å². The molecule has 2 amide bonds. The molecule has 1 atom stereocenters. The number of nitrogens with one attached hydrogen (secondary N) is 1. The number of likely N-dealkylation sites (N-methyl/N-ethyl adjacent to an activating group) is 1. The number of ether oxygens (including phenoxy) is 1. The Kier molecular flexibility index (Phi) is 8.45. The SMILES string of the molecule is CNC(=O)C(C)N(Cc1ccc(F)cc1)C(=O)CN(c1cc(Cl)ccc1OC)S(C)(=O)=O. The molecule has 174 valence electrons. The van der Waals surface area contributed by atoms with Gasteiger partial charge in [-0.2, -0.15) is 0 Å². The number of methoxy groups -OCH3 is 1. The second-order valence-electron chi connectivity index (χ2n) is 7.02. The molecule has 0 heterocycles. The molecule has 0 aliphatic heterocycles. The molecule has 11 heteroatoms. The lowest BCUT2D eigenvalue weighted by Gasteiger charge is -2.31. The summed E-state index contributed by atoms with van der Waals surface area (Å²) in [6.07, 6.45) is 0.952. The van der Waals surface area contributed by atoms with E-state index < -0.39 is 40.2 Å². The highest BCUT2D eigenvalue weighted by molar-refractivity contribution is 7.92. The molecule has 0 fully saturated rings. The maximum absolute atomic E-state index is 13.3. The van der Waals surface area contributed by atoms with E-state index in [1.165, 1.54) is 68.4 Å². The van der Waals surface area contributed by atoms with Crippen molar-refractivity contribution in [3.63, 3.8) is 0 Å². The number of sulfonamides is 1. The van der Waals surface area contributed by atoms with Crippen molar-refractivity contribution in [2.24, 2.45) is 0 Å². The van der Waals surface area contributed by atoms with Gasteiger partial charge in [0.2, 0.25) is 21.8 Å². The average molecular weight is 486 g/mol. The van der Waals surface area contributed by atoms with Crippen molar-refractivity contribution >= 4 is 39.1 Å². The summed E-state index contributed by atoms with van der Waals surface area (Å²) in [5.74, 6) is -1.32. The summed E-state index contributed by atoms with van der Waals surface area (Å²) in [5, 5.41) is 2.73. The predicted octanol–water partition coefficient (Wildman–Crippen LogP) is 2.42. The van der Waals surface area contributed by atoms with Crippen LogP contribution in [-0.4, -0.2) is 58.1 Å². The van der Waals surface area contributed by atoms with Crippen LogP contribution < -0.4 is 14.4 Å². The average Bonchev–Trinajstić information content (AvgIpc) is 2.75. The zero-order chi connectivity index (χ0) is 24.1. The Morgan fingerprint density at radius 1 is 1.19 bits per heavy atom. The van der Waals surface area contributed by atoms with Crippen LogP contribution in [0.2, 0.25) is 5.02 Å². The summed E-state index contributed by atoms with van der Waals surface area (Å²) >= 11 is 6.04. The molecule has 0 spiro atoms. The van der Waals surface area contributed by atoms with Gasteiger partial charge in [0, 0.05) is 18.6 Å². The molecule has 0 saturated carbocycles. The van der Waals surface area contributed by atoms with Crippen molar-refractivity contribution in [3.8, 4) is 5.75 Å². The highest BCUT2D eigenvalue weighted by Crippen LogP contribution is 2.33. The van der Waals surface area contributed by atoms with E-state index in [1.54, 1.807) is 0 Å². The number of carbonyl (C=O) groups excluding carboxylic acids is 2. The number of carbonyl (C=O) groups is 2. The zero-order valence-electron chi connectivity index (χ0n) is 18.1. The zero-order valence-corrected chi connectivity index (χ0v) is 19.7. The number of hydrogen-bond donors (Lipinski definition) is 1. The van der Waals surface area contributed by atoms with Crippen LogP contribution in [0.4, 0.5) is 10.1 Å². The van der Waals surface area contributed by atoms with Crippen molar-refractivity contribution in [1.82, 2.24) is 10.2 Å². The summed E-state index contributed by atoms with van der Waals surface area (Å²) in [4.78, 5) is 26.8. The number of benzene rings is 2. The fraction of sp³-hybridized carbons (Fsp3) is 0.333. The molecule has 32 heavy (non-hydrogen) atoms. The second kappa shape index (κ2) is 10.6. The smallest absolute Gasteiger partial charge is 0.244 e. The van der Waals surface area contributed by atoms with Crippen LogP contribution in [-0.2, 0) is 26.2 Å². The predicted molar refractivity (Wildman–Crippen MR) is 121 cm³/mol. The fourth-order valence-electron chi connectivity index (χ4n) is 3.03. The van der Waals surface area contributed by atoms with Crippen molar-refractivity contribution in [3.05, 3.63) is 58.9 Å². The number of nitrogens with zero attached hydrogens (tertiary/aromatic N) is 2. The minimum absolute atomic E-state index is 0.0298. The molecule has 0 radical (unpaired) electrons. The molecule has 8 nitrogen and oxygen atoms in total. The van der Waals surface area contributed by atoms with E-state index in [0.717, 1.165) is 10.6 Å². The normalized spacial score (nSPS) is 12.1. The number of anilines is 1. The molecule has 0 aliphatic rings. The summed E-state index contributed by atoms with van der Waals surface area (Å²) < 4.78 is 44.5. The lowest BCUT2D eigenvalue weighted by atomic mass is 10.1. The molecule has 2 rings (SSSR count). The molecule has 1 unspecified atom stereocenters. The van der Waals surface area contributed by atoms with E-state index in [9.17, 15) is 22.4 Å². The van der Waals surface area contributed by atoms with E-state index in [-0.39, 0.29) is 23.0 Å². The fourth-order valence-corrected chi connectivity index (χ4v) is 4.04. The number of amides is 2. The van der Waals surface area contributed by atoms with Gasteiger partial charge in [0.15, 0.2) is 0 Å². The molecule has 1 N–H and O–H groups in total. The van der Waals surface area contributed by atoms with Gasteiger partial charge >= 0.3 is 0 Å². The lowest BCUT2D eigenvalue weighted by Crippen LogP contribution is -2.50. The van der Waals surface area contributed by atoms with Gasteiger partial charge in [0.05, 0.1) is 19.1 Å². The van der Waals surface area contributed by atoms with E-state index in [1.807, 2.05) is 0 Å². The van der Waals surface area contributed by atoms with Gasteiger partial charge in [-0.05, 0) is 42.8 Å². The van der Waals surface area contributed by atoms with E-state index in [4.69, 9.17) is 16.3 Å². The highest BCUT2D eigenvalue weighted by atomic mass is 35.5. The van der Waals surface area contributed by atoms with Crippen LogP contribution >= 0.6 is 11.6 Å². The van der Waals surface area contributed by atoms with Crippen molar-refractivity contribution in [1.29, 1.82) is 0 Å².